The maximum atomic E-state index is 10.3. The topological polar surface area (TPSA) is 37.3 Å². The summed E-state index contributed by atoms with van der Waals surface area (Å²) in [5, 5.41) is 8.52. The number of aliphatic carboxylic acids is 1. The monoisotopic (exact) mass is 611 g/mol. The summed E-state index contributed by atoms with van der Waals surface area (Å²) in [5.41, 5.74) is 0. The molecule has 0 unspecified atom stereocenters. The van der Waals surface area contributed by atoms with Crippen LogP contribution in [-0.4, -0.2) is 42.7 Å². The molecule has 0 aliphatic carbocycles. The first-order valence-electron chi connectivity index (χ1n) is 19.9. The molecule has 0 aromatic carbocycles. The van der Waals surface area contributed by atoms with Gasteiger partial charge in [-0.3, -0.25) is 4.79 Å². The number of carboxylic acids is 1. The second kappa shape index (κ2) is 37.6. The second-order valence-electron chi connectivity index (χ2n) is 14.4. The standard InChI is InChI=1S/C22H48N.C18H36O2/c1-5-7-9-11-13-15-17-19-21-23(3,4)22-20-18-16-14-12-10-8-6-2;1-2-3-4-5-6-7-8-9-10-11-12-13-14-15-16-17-18(19)20/h5-22H2,1-4H3;2-17H2,1H3,(H,19,20)/q+1;. The predicted octanol–water partition coefficient (Wildman–Crippen LogP) is 13.7. The van der Waals surface area contributed by atoms with Gasteiger partial charge in [0.1, 0.15) is 0 Å². The minimum Gasteiger partial charge on any atom is -0.481 e. The van der Waals surface area contributed by atoms with Crippen LogP contribution in [0.4, 0.5) is 0 Å². The van der Waals surface area contributed by atoms with Crippen molar-refractivity contribution in [3.8, 4) is 0 Å². The van der Waals surface area contributed by atoms with E-state index < -0.39 is 5.97 Å². The lowest BCUT2D eigenvalue weighted by Gasteiger charge is -2.30. The number of nitrogens with zero attached hydrogens (tertiary/aromatic N) is 1. The number of hydrogen-bond donors (Lipinski definition) is 1. The van der Waals surface area contributed by atoms with Gasteiger partial charge in [-0.25, -0.2) is 0 Å². The van der Waals surface area contributed by atoms with Crippen molar-refractivity contribution in [3.63, 3.8) is 0 Å². The van der Waals surface area contributed by atoms with Crippen molar-refractivity contribution in [3.05, 3.63) is 0 Å². The van der Waals surface area contributed by atoms with Crippen molar-refractivity contribution in [2.24, 2.45) is 0 Å². The highest BCUT2D eigenvalue weighted by molar-refractivity contribution is 5.66. The van der Waals surface area contributed by atoms with Crippen molar-refractivity contribution in [1.29, 1.82) is 0 Å². The Morgan fingerprint density at radius 2 is 0.581 bits per heavy atom. The third-order valence-electron chi connectivity index (χ3n) is 9.23. The van der Waals surface area contributed by atoms with Crippen molar-refractivity contribution >= 4 is 5.97 Å². The Bertz CT molecular complexity index is 497. The average molecular weight is 611 g/mol. The van der Waals surface area contributed by atoms with Gasteiger partial charge in [0.15, 0.2) is 0 Å². The van der Waals surface area contributed by atoms with Gasteiger partial charge >= 0.3 is 5.97 Å². The first-order chi connectivity index (χ1) is 20.9. The summed E-state index contributed by atoms with van der Waals surface area (Å²) < 4.78 is 1.24. The molecule has 0 saturated heterocycles. The van der Waals surface area contributed by atoms with Gasteiger partial charge in [0, 0.05) is 6.42 Å². The van der Waals surface area contributed by atoms with Crippen LogP contribution in [0.1, 0.15) is 226 Å². The zero-order valence-electron chi connectivity index (χ0n) is 30.8. The molecule has 3 heteroatoms. The van der Waals surface area contributed by atoms with E-state index in [2.05, 4.69) is 34.9 Å². The molecular formula is C40H84NO2+. The number of unbranched alkanes of at least 4 members (excludes halogenated alkanes) is 28. The molecule has 0 aromatic heterocycles. The predicted molar refractivity (Wildman–Crippen MR) is 194 cm³/mol. The molecule has 3 nitrogen and oxygen atoms in total. The van der Waals surface area contributed by atoms with Crippen LogP contribution in [0.25, 0.3) is 0 Å². The molecule has 0 atom stereocenters. The fraction of sp³-hybridized carbons (Fsp3) is 0.975. The smallest absolute Gasteiger partial charge is 0.303 e. The first kappa shape index (κ1) is 44.6. The molecule has 0 rings (SSSR count). The summed E-state index contributed by atoms with van der Waals surface area (Å²) in [6.45, 7) is 9.63. The Morgan fingerprint density at radius 1 is 0.372 bits per heavy atom. The Hall–Kier alpha value is -0.570. The number of quaternary nitrogens is 1. The van der Waals surface area contributed by atoms with E-state index in [4.69, 9.17) is 5.11 Å². The van der Waals surface area contributed by atoms with Crippen molar-refractivity contribution in [2.75, 3.05) is 27.2 Å². The molecule has 0 amide bonds. The summed E-state index contributed by atoms with van der Waals surface area (Å²) in [7, 11) is 4.87. The molecule has 0 bridgehead atoms. The summed E-state index contributed by atoms with van der Waals surface area (Å²) >= 11 is 0. The van der Waals surface area contributed by atoms with E-state index in [1.807, 2.05) is 0 Å². The quantitative estimate of drug-likeness (QED) is 0.0581. The molecule has 260 valence electrons. The van der Waals surface area contributed by atoms with Crippen LogP contribution < -0.4 is 0 Å². The molecule has 0 aliphatic heterocycles. The van der Waals surface area contributed by atoms with Crippen molar-refractivity contribution in [1.82, 2.24) is 0 Å². The van der Waals surface area contributed by atoms with Crippen molar-refractivity contribution in [2.45, 2.75) is 226 Å². The summed E-state index contributed by atoms with van der Waals surface area (Å²) in [4.78, 5) is 10.3. The maximum absolute atomic E-state index is 10.3. The van der Waals surface area contributed by atoms with Gasteiger partial charge in [-0.05, 0) is 32.1 Å². The van der Waals surface area contributed by atoms with Crippen LogP contribution in [0.2, 0.25) is 0 Å². The third-order valence-corrected chi connectivity index (χ3v) is 9.23. The van der Waals surface area contributed by atoms with E-state index in [0.717, 1.165) is 12.8 Å². The second-order valence-corrected chi connectivity index (χ2v) is 14.4. The zero-order chi connectivity index (χ0) is 32.1. The van der Waals surface area contributed by atoms with Crippen LogP contribution in [0.3, 0.4) is 0 Å². The molecule has 0 aliphatic rings. The molecule has 0 fully saturated rings. The van der Waals surface area contributed by atoms with E-state index in [1.54, 1.807) is 0 Å². The van der Waals surface area contributed by atoms with Gasteiger partial charge < -0.3 is 9.59 Å². The van der Waals surface area contributed by atoms with Crippen LogP contribution in [0, 0.1) is 0 Å². The molecule has 0 heterocycles. The molecule has 0 spiro atoms. The van der Waals surface area contributed by atoms with Gasteiger partial charge in [0.05, 0.1) is 27.2 Å². The van der Waals surface area contributed by atoms with E-state index in [9.17, 15) is 4.79 Å². The van der Waals surface area contributed by atoms with E-state index in [-0.39, 0.29) is 0 Å². The summed E-state index contributed by atoms with van der Waals surface area (Å²) in [6, 6.07) is 0. The summed E-state index contributed by atoms with van der Waals surface area (Å²) in [5.74, 6) is -0.653. The summed E-state index contributed by atoms with van der Waals surface area (Å²) in [6.07, 6.45) is 43.2. The van der Waals surface area contributed by atoms with Gasteiger partial charge in [0.2, 0.25) is 0 Å². The van der Waals surface area contributed by atoms with E-state index >= 15 is 0 Å². The van der Waals surface area contributed by atoms with Gasteiger partial charge in [-0.2, -0.15) is 0 Å². The lowest BCUT2D eigenvalue weighted by atomic mass is 10.0. The van der Waals surface area contributed by atoms with Gasteiger partial charge in [0.25, 0.3) is 0 Å². The molecule has 1 N–H and O–H groups in total. The van der Waals surface area contributed by atoms with Crippen LogP contribution >= 0.6 is 0 Å². The average Bonchev–Trinajstić information content (AvgIpc) is 2.98. The number of carbonyl (C=O) groups is 1. The normalized spacial score (nSPS) is 11.5. The number of rotatable bonds is 34. The molecule has 0 radical (unpaired) electrons. The lowest BCUT2D eigenvalue weighted by molar-refractivity contribution is -0.890. The third kappa shape index (κ3) is 43.6. The SMILES string of the molecule is CCCCCCCCCCCCCCCCCC(=O)O.CCCCCCCCCC[N+](C)(C)CCCCCCCCCC. The first-order valence-corrected chi connectivity index (χ1v) is 19.9. The van der Waals surface area contributed by atoms with Gasteiger partial charge in [-0.1, -0.05) is 188 Å². The van der Waals surface area contributed by atoms with Crippen LogP contribution in [-0.2, 0) is 4.79 Å². The number of carboxylic acid groups (broad SMARTS) is 1. The largest absolute Gasteiger partial charge is 0.481 e. The minimum absolute atomic E-state index is 0.345. The Kier molecular flexibility index (Phi) is 39.0. The molecule has 0 saturated carbocycles. The molecular weight excluding hydrogens is 526 g/mol. The Balaban J connectivity index is 0. The van der Waals surface area contributed by atoms with Crippen molar-refractivity contribution < 1.29 is 14.4 Å². The molecule has 0 aromatic rings. The number of hydrogen-bond acceptors (Lipinski definition) is 1. The highest BCUT2D eigenvalue weighted by atomic mass is 16.4. The molecule has 43 heavy (non-hydrogen) atoms. The maximum Gasteiger partial charge on any atom is 0.303 e. The highest BCUT2D eigenvalue weighted by Gasteiger charge is 2.13. The van der Waals surface area contributed by atoms with E-state index in [1.165, 1.54) is 204 Å². The lowest BCUT2D eigenvalue weighted by Crippen LogP contribution is -2.41. The fourth-order valence-electron chi connectivity index (χ4n) is 6.11. The van der Waals surface area contributed by atoms with Crippen LogP contribution in [0.5, 0.6) is 0 Å². The van der Waals surface area contributed by atoms with Crippen LogP contribution in [0.15, 0.2) is 0 Å². The van der Waals surface area contributed by atoms with Gasteiger partial charge in [-0.15, -0.1) is 0 Å². The van der Waals surface area contributed by atoms with E-state index in [0.29, 0.717) is 6.42 Å². The fourth-order valence-corrected chi connectivity index (χ4v) is 6.11. The highest BCUT2D eigenvalue weighted by Crippen LogP contribution is 2.15. The minimum atomic E-state index is -0.653. The zero-order valence-corrected chi connectivity index (χ0v) is 30.8. The Labute approximate surface area is 273 Å². The Morgan fingerprint density at radius 3 is 0.814 bits per heavy atom.